The molecule has 4 heteroatoms. The molecule has 0 aliphatic heterocycles. The van der Waals surface area contributed by atoms with E-state index in [-0.39, 0.29) is 5.97 Å². The van der Waals surface area contributed by atoms with E-state index in [1.165, 1.54) is 12.7 Å². The van der Waals surface area contributed by atoms with Crippen LogP contribution >= 0.6 is 0 Å². The van der Waals surface area contributed by atoms with Gasteiger partial charge in [0.1, 0.15) is 11.5 Å². The quantitative estimate of drug-likeness (QED) is 0.803. The van der Waals surface area contributed by atoms with Crippen molar-refractivity contribution in [1.29, 1.82) is 0 Å². The molecule has 0 N–H and O–H groups in total. The van der Waals surface area contributed by atoms with Crippen LogP contribution in [0.1, 0.15) is 47.2 Å². The molecule has 1 aromatic heterocycles. The van der Waals surface area contributed by atoms with Crippen LogP contribution in [0, 0.1) is 6.92 Å². The van der Waals surface area contributed by atoms with Gasteiger partial charge in [0.15, 0.2) is 0 Å². The number of imidazole rings is 1. The number of carbonyl (C=O) groups is 1. The molecule has 0 amide bonds. The summed E-state index contributed by atoms with van der Waals surface area (Å²) in [7, 11) is 1.38. The maximum absolute atomic E-state index is 11.7. The molecule has 2 rings (SSSR count). The second-order valence-corrected chi connectivity index (χ2v) is 5.16. The highest BCUT2D eigenvalue weighted by atomic mass is 16.5. The highest BCUT2D eigenvalue weighted by Gasteiger charge is 2.15. The van der Waals surface area contributed by atoms with Crippen LogP contribution in [0.25, 0.3) is 0 Å². The molecule has 0 aliphatic carbocycles. The molecule has 106 valence electrons. The Kier molecular flexibility index (Phi) is 4.23. The topological polar surface area (TPSA) is 44.1 Å². The summed E-state index contributed by atoms with van der Waals surface area (Å²) in [4.78, 5) is 15.9. The van der Waals surface area contributed by atoms with E-state index in [1.807, 2.05) is 11.5 Å². The molecule has 0 radical (unpaired) electrons. The van der Waals surface area contributed by atoms with Crippen LogP contribution in [0.15, 0.2) is 30.5 Å². The largest absolute Gasteiger partial charge is 0.464 e. The number of rotatable bonds is 4. The fourth-order valence-electron chi connectivity index (χ4n) is 2.13. The third-order valence-corrected chi connectivity index (χ3v) is 3.44. The maximum Gasteiger partial charge on any atom is 0.356 e. The van der Waals surface area contributed by atoms with Gasteiger partial charge in [-0.1, -0.05) is 38.1 Å². The van der Waals surface area contributed by atoms with E-state index in [9.17, 15) is 4.79 Å². The van der Waals surface area contributed by atoms with Crippen molar-refractivity contribution in [3.63, 3.8) is 0 Å². The number of ether oxygens (including phenoxy) is 1. The molecular formula is C16H20N2O2. The van der Waals surface area contributed by atoms with E-state index < -0.39 is 0 Å². The third-order valence-electron chi connectivity index (χ3n) is 3.44. The molecule has 1 aromatic carbocycles. The number of nitrogens with zero attached hydrogens (tertiary/aromatic N) is 2. The molecule has 0 bridgehead atoms. The Hall–Kier alpha value is -2.10. The molecule has 0 atom stereocenters. The number of aromatic nitrogens is 2. The van der Waals surface area contributed by atoms with Gasteiger partial charge in [-0.25, -0.2) is 9.78 Å². The van der Waals surface area contributed by atoms with Crippen LogP contribution in [-0.4, -0.2) is 22.6 Å². The highest BCUT2D eigenvalue weighted by Crippen LogP contribution is 2.16. The van der Waals surface area contributed by atoms with Gasteiger partial charge in [-0.05, 0) is 24.0 Å². The number of hydrogen-bond acceptors (Lipinski definition) is 3. The predicted molar refractivity (Wildman–Crippen MR) is 77.9 cm³/mol. The monoisotopic (exact) mass is 272 g/mol. The molecule has 0 unspecified atom stereocenters. The average molecular weight is 272 g/mol. The number of carbonyl (C=O) groups excluding carboxylic acids is 1. The van der Waals surface area contributed by atoms with Crippen molar-refractivity contribution >= 4 is 5.97 Å². The number of hydrogen-bond donors (Lipinski definition) is 0. The van der Waals surface area contributed by atoms with E-state index in [0.29, 0.717) is 18.2 Å². The average Bonchev–Trinajstić information content (AvgIpc) is 2.80. The van der Waals surface area contributed by atoms with Gasteiger partial charge in [-0.15, -0.1) is 0 Å². The van der Waals surface area contributed by atoms with Gasteiger partial charge < -0.3 is 9.30 Å². The molecule has 0 saturated carbocycles. The third kappa shape index (κ3) is 2.90. The summed E-state index contributed by atoms with van der Waals surface area (Å²) < 4.78 is 6.65. The second-order valence-electron chi connectivity index (χ2n) is 5.16. The van der Waals surface area contributed by atoms with E-state index in [1.54, 1.807) is 6.20 Å². The van der Waals surface area contributed by atoms with E-state index >= 15 is 0 Å². The Morgan fingerprint density at radius 3 is 2.50 bits per heavy atom. The molecular weight excluding hydrogens is 252 g/mol. The predicted octanol–water partition coefficient (Wildman–Crippen LogP) is 3.15. The van der Waals surface area contributed by atoms with Crippen molar-refractivity contribution in [2.75, 3.05) is 7.11 Å². The summed E-state index contributed by atoms with van der Waals surface area (Å²) in [6, 6.07) is 8.44. The smallest absolute Gasteiger partial charge is 0.356 e. The van der Waals surface area contributed by atoms with Gasteiger partial charge >= 0.3 is 5.97 Å². The van der Waals surface area contributed by atoms with E-state index in [0.717, 1.165) is 11.4 Å². The minimum Gasteiger partial charge on any atom is -0.464 e. The molecule has 0 spiro atoms. The minimum atomic E-state index is -0.357. The van der Waals surface area contributed by atoms with Crippen LogP contribution < -0.4 is 0 Å². The normalized spacial score (nSPS) is 10.8. The summed E-state index contributed by atoms with van der Waals surface area (Å²) in [5.74, 6) is 0.965. The van der Waals surface area contributed by atoms with Crippen molar-refractivity contribution in [3.8, 4) is 0 Å². The van der Waals surface area contributed by atoms with Crippen molar-refractivity contribution in [2.24, 2.45) is 0 Å². The Labute approximate surface area is 119 Å². The second kappa shape index (κ2) is 5.90. The summed E-state index contributed by atoms with van der Waals surface area (Å²) in [6.07, 6.45) is 1.56. The standard InChI is InChI=1S/C16H20N2O2/c1-11(2)14-7-5-13(6-8-14)10-18-12(3)17-9-15(18)16(19)20-4/h5-9,11H,10H2,1-4H3. The van der Waals surface area contributed by atoms with Gasteiger partial charge in [0.25, 0.3) is 0 Å². The molecule has 0 fully saturated rings. The Morgan fingerprint density at radius 1 is 1.30 bits per heavy atom. The van der Waals surface area contributed by atoms with E-state index in [2.05, 4.69) is 43.1 Å². The van der Waals surface area contributed by atoms with Crippen molar-refractivity contribution in [2.45, 2.75) is 33.2 Å². The molecule has 0 saturated heterocycles. The summed E-state index contributed by atoms with van der Waals surface area (Å²) >= 11 is 0. The van der Waals surface area contributed by atoms with Crippen LogP contribution in [-0.2, 0) is 11.3 Å². The number of benzene rings is 1. The van der Waals surface area contributed by atoms with Crippen LogP contribution in [0.5, 0.6) is 0 Å². The lowest BCUT2D eigenvalue weighted by atomic mass is 10.0. The van der Waals surface area contributed by atoms with Gasteiger partial charge in [0.2, 0.25) is 0 Å². The van der Waals surface area contributed by atoms with Crippen LogP contribution in [0.3, 0.4) is 0 Å². The number of methoxy groups -OCH3 is 1. The van der Waals surface area contributed by atoms with Crippen LogP contribution in [0.4, 0.5) is 0 Å². The molecule has 1 heterocycles. The van der Waals surface area contributed by atoms with Gasteiger partial charge in [0, 0.05) is 6.54 Å². The summed E-state index contributed by atoms with van der Waals surface area (Å²) in [5, 5.41) is 0. The zero-order valence-electron chi connectivity index (χ0n) is 12.4. The lowest BCUT2D eigenvalue weighted by Gasteiger charge is -2.11. The molecule has 20 heavy (non-hydrogen) atoms. The zero-order chi connectivity index (χ0) is 14.7. The van der Waals surface area contributed by atoms with Crippen LogP contribution in [0.2, 0.25) is 0 Å². The SMILES string of the molecule is COC(=O)c1cnc(C)n1Cc1ccc(C(C)C)cc1. The minimum absolute atomic E-state index is 0.357. The molecule has 0 aliphatic rings. The Balaban J connectivity index is 2.25. The lowest BCUT2D eigenvalue weighted by molar-refractivity contribution is 0.0588. The van der Waals surface area contributed by atoms with E-state index in [4.69, 9.17) is 4.74 Å². The first-order valence-corrected chi connectivity index (χ1v) is 6.72. The van der Waals surface area contributed by atoms with Gasteiger partial charge in [-0.2, -0.15) is 0 Å². The molecule has 2 aromatic rings. The number of aryl methyl sites for hydroxylation is 1. The summed E-state index contributed by atoms with van der Waals surface area (Å²) in [6.45, 7) is 6.85. The van der Waals surface area contributed by atoms with Gasteiger partial charge in [-0.3, -0.25) is 0 Å². The fraction of sp³-hybridized carbons (Fsp3) is 0.375. The molecule has 4 nitrogen and oxygen atoms in total. The Bertz CT molecular complexity index is 597. The van der Waals surface area contributed by atoms with Gasteiger partial charge in [0.05, 0.1) is 13.3 Å². The fourth-order valence-corrected chi connectivity index (χ4v) is 2.13. The lowest BCUT2D eigenvalue weighted by Crippen LogP contribution is -2.12. The maximum atomic E-state index is 11.7. The van der Waals surface area contributed by atoms with Crippen molar-refractivity contribution in [3.05, 3.63) is 53.1 Å². The first-order valence-electron chi connectivity index (χ1n) is 6.72. The van der Waals surface area contributed by atoms with Crippen molar-refractivity contribution < 1.29 is 9.53 Å². The van der Waals surface area contributed by atoms with Crippen molar-refractivity contribution in [1.82, 2.24) is 9.55 Å². The summed E-state index contributed by atoms with van der Waals surface area (Å²) in [5.41, 5.74) is 2.93. The Morgan fingerprint density at radius 2 is 1.95 bits per heavy atom. The zero-order valence-corrected chi connectivity index (χ0v) is 12.4. The highest BCUT2D eigenvalue weighted by molar-refractivity contribution is 5.87. The number of esters is 1. The first kappa shape index (κ1) is 14.3. The first-order chi connectivity index (χ1) is 9.52.